The van der Waals surface area contributed by atoms with Crippen LogP contribution in [0.3, 0.4) is 0 Å². The van der Waals surface area contributed by atoms with Crippen LogP contribution in [0.15, 0.2) is 68.8 Å². The number of nitrogens with zero attached hydrogens (tertiary/aromatic N) is 3. The zero-order valence-electron chi connectivity index (χ0n) is 16.0. The molecule has 2 heterocycles. The van der Waals surface area contributed by atoms with Gasteiger partial charge in [-0.2, -0.15) is 10.1 Å². The molecule has 1 amide bonds. The van der Waals surface area contributed by atoms with Crippen molar-refractivity contribution in [1.82, 2.24) is 9.55 Å². The predicted molar refractivity (Wildman–Crippen MR) is 119 cm³/mol. The highest BCUT2D eigenvalue weighted by Crippen LogP contribution is 2.28. The van der Waals surface area contributed by atoms with E-state index in [0.717, 1.165) is 9.58 Å². The second-order valence-corrected chi connectivity index (χ2v) is 7.52. The number of hydrogen-bond acceptors (Lipinski definition) is 5. The van der Waals surface area contributed by atoms with Crippen molar-refractivity contribution in [1.29, 1.82) is 0 Å². The number of hydrogen-bond donors (Lipinski definition) is 2. The summed E-state index contributed by atoms with van der Waals surface area (Å²) in [7, 11) is 0. The highest BCUT2D eigenvalue weighted by atomic mass is 35.5. The minimum absolute atomic E-state index is 0.0853. The minimum Gasteiger partial charge on any atom is -0.494 e. The number of carbonyl (C=O) groups is 1. The van der Waals surface area contributed by atoms with Gasteiger partial charge in [-0.15, -0.1) is 0 Å². The molecule has 2 N–H and O–H groups in total. The number of aromatic nitrogens is 2. The Morgan fingerprint density at radius 3 is 2.39 bits per heavy atom. The van der Waals surface area contributed by atoms with Crippen LogP contribution in [-0.4, -0.2) is 26.3 Å². The van der Waals surface area contributed by atoms with Crippen LogP contribution in [0.4, 0.5) is 5.69 Å². The molecule has 0 fully saturated rings. The summed E-state index contributed by atoms with van der Waals surface area (Å²) in [6.45, 7) is 1.59. The second-order valence-electron chi connectivity index (χ2n) is 6.65. The van der Waals surface area contributed by atoms with E-state index >= 15 is 0 Å². The van der Waals surface area contributed by atoms with Crippen LogP contribution >= 0.6 is 23.2 Å². The van der Waals surface area contributed by atoms with Gasteiger partial charge in [0.05, 0.1) is 22.7 Å². The maximum Gasteiger partial charge on any atom is 0.335 e. The molecule has 1 aliphatic rings. The molecule has 3 aromatic rings. The van der Waals surface area contributed by atoms with Gasteiger partial charge in [-0.1, -0.05) is 29.3 Å². The Kier molecular flexibility index (Phi) is 5.26. The van der Waals surface area contributed by atoms with E-state index in [1.165, 1.54) is 30.3 Å². The summed E-state index contributed by atoms with van der Waals surface area (Å²) < 4.78 is 0.908. The van der Waals surface area contributed by atoms with Gasteiger partial charge in [0.25, 0.3) is 11.5 Å². The van der Waals surface area contributed by atoms with Crippen molar-refractivity contribution in [3.63, 3.8) is 0 Å². The van der Waals surface area contributed by atoms with Crippen LogP contribution in [0, 0.1) is 0 Å². The van der Waals surface area contributed by atoms with Crippen molar-refractivity contribution in [3.05, 3.63) is 90.6 Å². The fraction of sp³-hybridized carbons (Fsp3) is 0.0476. The van der Waals surface area contributed by atoms with Gasteiger partial charge in [-0.25, -0.2) is 9.36 Å². The van der Waals surface area contributed by atoms with E-state index in [2.05, 4.69) is 10.1 Å². The number of aromatic amines is 1. The van der Waals surface area contributed by atoms with Crippen LogP contribution in [0.5, 0.6) is 5.88 Å². The Balaban J connectivity index is 1.82. The van der Waals surface area contributed by atoms with E-state index in [1.807, 2.05) is 0 Å². The number of benzene rings is 2. The number of H-pyrrole nitrogens is 1. The summed E-state index contributed by atoms with van der Waals surface area (Å²) in [5.74, 6) is -1.13. The molecule has 4 rings (SSSR count). The summed E-state index contributed by atoms with van der Waals surface area (Å²) in [6.07, 6.45) is 1.20. The molecule has 8 nitrogen and oxygen atoms in total. The van der Waals surface area contributed by atoms with Gasteiger partial charge in [0.1, 0.15) is 5.56 Å². The van der Waals surface area contributed by atoms with Gasteiger partial charge >= 0.3 is 5.69 Å². The molecule has 0 saturated heterocycles. The average Bonchev–Trinajstić information content (AvgIpc) is 3.00. The first kappa shape index (κ1) is 20.6. The molecule has 1 aliphatic heterocycles. The highest BCUT2D eigenvalue weighted by Gasteiger charge is 2.30. The van der Waals surface area contributed by atoms with Crippen molar-refractivity contribution >= 4 is 46.6 Å². The van der Waals surface area contributed by atoms with Crippen molar-refractivity contribution in [3.8, 4) is 11.6 Å². The topological polar surface area (TPSA) is 108 Å². The van der Waals surface area contributed by atoms with Gasteiger partial charge in [0.2, 0.25) is 5.88 Å². The molecule has 2 aromatic carbocycles. The van der Waals surface area contributed by atoms with Gasteiger partial charge in [-0.3, -0.25) is 14.6 Å². The maximum atomic E-state index is 12.9. The lowest BCUT2D eigenvalue weighted by molar-refractivity contribution is -0.114. The Labute approximate surface area is 185 Å². The number of aromatic hydroxyl groups is 1. The van der Waals surface area contributed by atoms with Crippen LogP contribution in [0.1, 0.15) is 12.5 Å². The Hall–Kier alpha value is -3.62. The Morgan fingerprint density at radius 1 is 1.00 bits per heavy atom. The third kappa shape index (κ3) is 3.78. The molecule has 31 heavy (non-hydrogen) atoms. The van der Waals surface area contributed by atoms with Crippen LogP contribution < -0.4 is 16.3 Å². The SMILES string of the molecule is CC1=NN(c2cccc(Cl)c2)C(=O)/C1=C\c1c(O)n(-c2ccc(Cl)cc2)c(=O)[nH]c1=O. The molecule has 0 unspecified atom stereocenters. The predicted octanol–water partition coefficient (Wildman–Crippen LogP) is 3.34. The van der Waals surface area contributed by atoms with E-state index in [9.17, 15) is 19.5 Å². The molecule has 0 radical (unpaired) electrons. The quantitative estimate of drug-likeness (QED) is 0.589. The number of rotatable bonds is 3. The van der Waals surface area contributed by atoms with E-state index in [1.54, 1.807) is 31.2 Å². The number of nitrogens with one attached hydrogen (secondary N) is 1. The van der Waals surface area contributed by atoms with E-state index in [0.29, 0.717) is 21.4 Å². The smallest absolute Gasteiger partial charge is 0.335 e. The summed E-state index contributed by atoms with van der Waals surface area (Å²) in [6, 6.07) is 12.7. The third-order valence-electron chi connectivity index (χ3n) is 4.61. The molecular weight excluding hydrogens is 443 g/mol. The fourth-order valence-electron chi connectivity index (χ4n) is 3.11. The second kappa shape index (κ2) is 7.90. The normalized spacial score (nSPS) is 14.9. The molecule has 0 saturated carbocycles. The summed E-state index contributed by atoms with van der Waals surface area (Å²) in [5.41, 5.74) is -0.802. The first-order chi connectivity index (χ1) is 14.8. The summed E-state index contributed by atoms with van der Waals surface area (Å²) in [4.78, 5) is 39.8. The van der Waals surface area contributed by atoms with E-state index in [-0.39, 0.29) is 16.8 Å². The molecule has 156 valence electrons. The maximum absolute atomic E-state index is 12.9. The zero-order valence-corrected chi connectivity index (χ0v) is 17.5. The molecular formula is C21H14Cl2N4O4. The first-order valence-electron chi connectivity index (χ1n) is 8.98. The standard InChI is InChI=1S/C21H14Cl2N4O4/c1-11-16(20(30)27(25-11)15-4-2-3-13(23)9-15)10-17-18(28)24-21(31)26(19(17)29)14-7-5-12(22)6-8-14/h2-10,29H,1H3,(H,24,28,31)/b16-10-. The number of halogens is 2. The van der Waals surface area contributed by atoms with Crippen LogP contribution in [0.25, 0.3) is 11.8 Å². The van der Waals surface area contributed by atoms with Gasteiger partial charge in [0.15, 0.2) is 0 Å². The van der Waals surface area contributed by atoms with Crippen LogP contribution in [0.2, 0.25) is 10.0 Å². The van der Waals surface area contributed by atoms with Crippen molar-refractivity contribution in [2.45, 2.75) is 6.92 Å². The molecule has 0 atom stereocenters. The number of hydrazone groups is 1. The lowest BCUT2D eigenvalue weighted by Crippen LogP contribution is -2.30. The molecule has 0 aliphatic carbocycles. The van der Waals surface area contributed by atoms with Gasteiger partial charge in [-0.05, 0) is 55.5 Å². The third-order valence-corrected chi connectivity index (χ3v) is 5.10. The molecule has 0 spiro atoms. The van der Waals surface area contributed by atoms with Gasteiger partial charge in [0, 0.05) is 10.0 Å². The summed E-state index contributed by atoms with van der Waals surface area (Å²) in [5, 5.41) is 16.9. The van der Waals surface area contributed by atoms with Crippen molar-refractivity contribution < 1.29 is 9.90 Å². The van der Waals surface area contributed by atoms with Crippen molar-refractivity contribution in [2.75, 3.05) is 5.01 Å². The lowest BCUT2D eigenvalue weighted by Gasteiger charge is -2.12. The average molecular weight is 457 g/mol. The number of carbonyl (C=O) groups excluding carboxylic acids is 1. The first-order valence-corrected chi connectivity index (χ1v) is 9.73. The van der Waals surface area contributed by atoms with Crippen LogP contribution in [-0.2, 0) is 4.79 Å². The monoisotopic (exact) mass is 456 g/mol. The van der Waals surface area contributed by atoms with E-state index < -0.39 is 23.0 Å². The molecule has 0 bridgehead atoms. The van der Waals surface area contributed by atoms with Gasteiger partial charge < -0.3 is 5.11 Å². The van der Waals surface area contributed by atoms with E-state index in [4.69, 9.17) is 23.2 Å². The Bertz CT molecular complexity index is 1390. The largest absolute Gasteiger partial charge is 0.494 e. The number of amides is 1. The minimum atomic E-state index is -0.845. The van der Waals surface area contributed by atoms with Crippen molar-refractivity contribution in [2.24, 2.45) is 5.10 Å². The molecule has 10 heteroatoms. The highest BCUT2D eigenvalue weighted by molar-refractivity contribution is 6.33. The summed E-state index contributed by atoms with van der Waals surface area (Å²) >= 11 is 11.9. The molecule has 1 aromatic heterocycles. The number of anilines is 1. The lowest BCUT2D eigenvalue weighted by atomic mass is 10.1. The zero-order chi connectivity index (χ0) is 22.3. The Morgan fingerprint density at radius 2 is 1.71 bits per heavy atom. The fourth-order valence-corrected chi connectivity index (χ4v) is 3.42.